The van der Waals surface area contributed by atoms with Gasteiger partial charge in [-0.3, -0.25) is 0 Å². The van der Waals surface area contributed by atoms with E-state index in [4.69, 9.17) is 21.5 Å². The molecule has 0 aliphatic carbocycles. The van der Waals surface area contributed by atoms with E-state index in [9.17, 15) is 8.42 Å². The monoisotopic (exact) mass is 503 g/mol. The number of hydrogen-bond acceptors (Lipinski definition) is 9. The number of halogens is 1. The molecule has 1 aromatic heterocycles. The van der Waals surface area contributed by atoms with Crippen LogP contribution >= 0.6 is 11.6 Å². The fourth-order valence-electron chi connectivity index (χ4n) is 3.69. The minimum absolute atomic E-state index is 0.0538. The first-order chi connectivity index (χ1) is 16.3. The van der Waals surface area contributed by atoms with Gasteiger partial charge in [-0.1, -0.05) is 23.7 Å². The molecule has 1 aliphatic heterocycles. The minimum Gasteiger partial charge on any atom is -0.494 e. The summed E-state index contributed by atoms with van der Waals surface area (Å²) in [5.74, 6) is 1.13. The first-order valence-corrected chi connectivity index (χ1v) is 12.5. The number of para-hydroxylation sites is 1. The molecule has 4 rings (SSSR count). The molecule has 2 heterocycles. The Balaban J connectivity index is 1.61. The van der Waals surface area contributed by atoms with Gasteiger partial charge in [0, 0.05) is 37.9 Å². The van der Waals surface area contributed by atoms with Crippen molar-refractivity contribution in [1.29, 1.82) is 0 Å². The molecule has 0 atom stereocenters. The fraction of sp³-hybridized carbons (Fsp3) is 0.273. The number of ether oxygens (including phenoxy) is 1. The highest BCUT2D eigenvalue weighted by Crippen LogP contribution is 2.34. The number of hydrogen-bond donors (Lipinski definition) is 4. The van der Waals surface area contributed by atoms with Crippen LogP contribution in [0.15, 0.2) is 47.5 Å². The zero-order valence-corrected chi connectivity index (χ0v) is 20.4. The van der Waals surface area contributed by atoms with Gasteiger partial charge in [0.05, 0.1) is 24.7 Å². The highest BCUT2D eigenvalue weighted by Gasteiger charge is 2.18. The number of aryl methyl sites for hydroxylation is 1. The summed E-state index contributed by atoms with van der Waals surface area (Å²) in [4.78, 5) is 10.9. The Morgan fingerprint density at radius 2 is 1.94 bits per heavy atom. The molecule has 5 N–H and O–H groups in total. The Bertz CT molecular complexity index is 1300. The van der Waals surface area contributed by atoms with Gasteiger partial charge in [0.15, 0.2) is 5.82 Å². The van der Waals surface area contributed by atoms with Crippen LogP contribution in [0, 0.1) is 6.92 Å². The van der Waals surface area contributed by atoms with E-state index in [0.29, 0.717) is 22.7 Å². The summed E-state index contributed by atoms with van der Waals surface area (Å²) in [7, 11) is -2.36. The van der Waals surface area contributed by atoms with Gasteiger partial charge >= 0.3 is 0 Å². The third-order valence-corrected chi connectivity index (χ3v) is 6.67. The lowest BCUT2D eigenvalue weighted by molar-refractivity contribution is 0.416. The van der Waals surface area contributed by atoms with Crippen LogP contribution in [0.1, 0.15) is 5.56 Å². The summed E-state index contributed by atoms with van der Waals surface area (Å²) in [6.45, 7) is 5.47. The van der Waals surface area contributed by atoms with Gasteiger partial charge < -0.3 is 25.6 Å². The highest BCUT2D eigenvalue weighted by molar-refractivity contribution is 7.89. The smallest absolute Gasteiger partial charge is 0.240 e. The van der Waals surface area contributed by atoms with Crippen molar-refractivity contribution in [3.8, 4) is 5.75 Å². The van der Waals surface area contributed by atoms with Crippen LogP contribution in [0.5, 0.6) is 5.75 Å². The van der Waals surface area contributed by atoms with Gasteiger partial charge in [-0.25, -0.2) is 18.5 Å². The number of sulfonamides is 1. The summed E-state index contributed by atoms with van der Waals surface area (Å²) in [5, 5.41) is 15.1. The van der Waals surface area contributed by atoms with E-state index in [-0.39, 0.29) is 21.7 Å². The predicted octanol–water partition coefficient (Wildman–Crippen LogP) is 2.99. The first kappa shape index (κ1) is 24.0. The zero-order chi connectivity index (χ0) is 24.3. The van der Waals surface area contributed by atoms with Crippen LogP contribution < -0.4 is 30.7 Å². The molecule has 180 valence electrons. The molecule has 1 saturated heterocycles. The summed E-state index contributed by atoms with van der Waals surface area (Å²) in [6.07, 6.45) is 1.43. The molecule has 0 radical (unpaired) electrons. The predicted molar refractivity (Wildman–Crippen MR) is 134 cm³/mol. The lowest BCUT2D eigenvalue weighted by Crippen LogP contribution is -2.43. The molecule has 0 spiro atoms. The molecule has 0 unspecified atom stereocenters. The van der Waals surface area contributed by atoms with Gasteiger partial charge in [0.1, 0.15) is 15.7 Å². The van der Waals surface area contributed by atoms with Crippen molar-refractivity contribution in [2.24, 2.45) is 5.14 Å². The van der Waals surface area contributed by atoms with Crippen LogP contribution in [0.25, 0.3) is 0 Å². The van der Waals surface area contributed by atoms with Crippen molar-refractivity contribution in [2.75, 3.05) is 48.8 Å². The van der Waals surface area contributed by atoms with Gasteiger partial charge in [0.25, 0.3) is 0 Å². The number of anilines is 5. The third kappa shape index (κ3) is 5.33. The van der Waals surface area contributed by atoms with E-state index >= 15 is 0 Å². The second-order valence-electron chi connectivity index (χ2n) is 7.75. The van der Waals surface area contributed by atoms with Crippen LogP contribution in [-0.2, 0) is 10.0 Å². The number of nitrogens with zero attached hydrogens (tertiary/aromatic N) is 3. The topological polar surface area (TPSA) is 134 Å². The maximum absolute atomic E-state index is 12.0. The average molecular weight is 504 g/mol. The molecule has 1 aliphatic rings. The maximum Gasteiger partial charge on any atom is 0.240 e. The molecular formula is C22H26ClN7O3S. The Labute approximate surface area is 203 Å². The molecule has 2 aromatic carbocycles. The second-order valence-corrected chi connectivity index (χ2v) is 9.69. The quantitative estimate of drug-likeness (QED) is 0.383. The van der Waals surface area contributed by atoms with E-state index in [1.54, 1.807) is 26.2 Å². The maximum atomic E-state index is 12.0. The number of nitrogens with one attached hydrogen (secondary N) is 3. The molecule has 34 heavy (non-hydrogen) atoms. The zero-order valence-electron chi connectivity index (χ0n) is 18.8. The van der Waals surface area contributed by atoms with E-state index in [0.717, 1.165) is 31.9 Å². The van der Waals surface area contributed by atoms with Crippen molar-refractivity contribution in [2.45, 2.75) is 11.8 Å². The Hall–Kier alpha value is -3.12. The summed E-state index contributed by atoms with van der Waals surface area (Å²) < 4.78 is 29.7. The molecule has 12 heteroatoms. The Morgan fingerprint density at radius 3 is 2.65 bits per heavy atom. The van der Waals surface area contributed by atoms with Crippen LogP contribution in [0.2, 0.25) is 5.02 Å². The van der Waals surface area contributed by atoms with E-state index < -0.39 is 10.0 Å². The number of piperazine rings is 1. The number of aromatic nitrogens is 2. The summed E-state index contributed by atoms with van der Waals surface area (Å²) in [6, 6.07) is 10.7. The normalized spacial score (nSPS) is 14.1. The number of nitrogens with two attached hydrogens (primary N) is 1. The van der Waals surface area contributed by atoms with Crippen molar-refractivity contribution in [3.05, 3.63) is 53.2 Å². The standard InChI is InChI=1S/C22H26ClN7O3S/c1-14-4-3-5-19(34(24,31)32)20(14)28-21-16(23)13-26-22(29-21)27-17-7-6-15(12-18(17)33-2)30-10-8-25-9-11-30/h3-7,12-13,25H,8-11H2,1-2H3,(H2,24,31,32)(H2,26,27,28,29). The Kier molecular flexibility index (Phi) is 7.08. The lowest BCUT2D eigenvalue weighted by Gasteiger charge is -2.30. The van der Waals surface area contributed by atoms with Gasteiger partial charge in [0.2, 0.25) is 16.0 Å². The minimum atomic E-state index is -3.96. The fourth-order valence-corrected chi connectivity index (χ4v) is 4.60. The van der Waals surface area contributed by atoms with Crippen LogP contribution in [-0.4, -0.2) is 51.7 Å². The summed E-state index contributed by atoms with van der Waals surface area (Å²) in [5.41, 5.74) is 2.71. The number of benzene rings is 2. The molecule has 0 saturated carbocycles. The Morgan fingerprint density at radius 1 is 1.18 bits per heavy atom. The van der Waals surface area contributed by atoms with Crippen molar-refractivity contribution in [3.63, 3.8) is 0 Å². The molecule has 3 aromatic rings. The largest absolute Gasteiger partial charge is 0.494 e. The lowest BCUT2D eigenvalue weighted by atomic mass is 10.2. The molecule has 0 bridgehead atoms. The SMILES string of the molecule is COc1cc(N2CCNCC2)ccc1Nc1ncc(Cl)c(Nc2c(C)cccc2S(N)(=O)=O)n1. The first-order valence-electron chi connectivity index (χ1n) is 10.6. The van der Waals surface area contributed by atoms with Crippen LogP contribution in [0.4, 0.5) is 28.8 Å². The molecular weight excluding hydrogens is 478 g/mol. The van der Waals surface area contributed by atoms with E-state index in [1.165, 1.54) is 12.3 Å². The van der Waals surface area contributed by atoms with Crippen molar-refractivity contribution in [1.82, 2.24) is 15.3 Å². The van der Waals surface area contributed by atoms with Gasteiger partial charge in [-0.05, 0) is 30.7 Å². The number of rotatable bonds is 7. The van der Waals surface area contributed by atoms with Crippen molar-refractivity contribution < 1.29 is 13.2 Å². The van der Waals surface area contributed by atoms with Crippen molar-refractivity contribution >= 4 is 50.5 Å². The van der Waals surface area contributed by atoms with Gasteiger partial charge in [-0.15, -0.1) is 0 Å². The highest BCUT2D eigenvalue weighted by atomic mass is 35.5. The van der Waals surface area contributed by atoms with Crippen LogP contribution in [0.3, 0.4) is 0 Å². The number of primary sulfonamides is 1. The summed E-state index contributed by atoms with van der Waals surface area (Å²) >= 11 is 6.30. The van der Waals surface area contributed by atoms with E-state index in [1.807, 2.05) is 18.2 Å². The molecule has 0 amide bonds. The number of methoxy groups -OCH3 is 1. The van der Waals surface area contributed by atoms with Gasteiger partial charge in [-0.2, -0.15) is 4.98 Å². The second kappa shape index (κ2) is 10.0. The van der Waals surface area contributed by atoms with E-state index in [2.05, 4.69) is 30.8 Å². The molecule has 1 fully saturated rings. The average Bonchev–Trinajstić information content (AvgIpc) is 2.82. The third-order valence-electron chi connectivity index (χ3n) is 5.44. The molecule has 10 nitrogen and oxygen atoms in total.